The summed E-state index contributed by atoms with van der Waals surface area (Å²) in [6.45, 7) is 0. The molecule has 1 aliphatic carbocycles. The number of hydrogen-bond donors (Lipinski definition) is 0. The lowest BCUT2D eigenvalue weighted by Crippen LogP contribution is -2.64. The third-order valence-electron chi connectivity index (χ3n) is 6.17. The Morgan fingerprint density at radius 1 is 0.600 bits per heavy atom. The van der Waals surface area contributed by atoms with Crippen molar-refractivity contribution in [3.63, 3.8) is 0 Å². The molecule has 252 valence electrons. The van der Waals surface area contributed by atoms with E-state index in [-0.39, 0.29) is 29.7 Å². The zero-order valence-electron chi connectivity index (χ0n) is 20.6. The molecule has 0 amide bonds. The number of nitrogens with zero attached hydrogens (tertiary/aromatic N) is 1. The van der Waals surface area contributed by atoms with Gasteiger partial charge in [-0.1, -0.05) is 41.6 Å². The molecule has 45 heavy (non-hydrogen) atoms. The van der Waals surface area contributed by atoms with Gasteiger partial charge in [-0.25, -0.2) is 0 Å². The average Bonchev–Trinajstić information content (AvgIpc) is 3.24. The molecule has 0 aliphatic heterocycles. The van der Waals surface area contributed by atoms with Crippen molar-refractivity contribution >= 4 is 15.8 Å². The van der Waals surface area contributed by atoms with Crippen LogP contribution in [0.5, 0.6) is 0 Å². The summed E-state index contributed by atoms with van der Waals surface area (Å²) >= 11 is 0. The SMILES string of the molecule is O=S(=O)(O/N=C(\c1ccc2c(c1)Cc1ccccc1-2)C(F)(F)C(F)(F)C(F)(F)C(F)(F)F)C(F)(F)C(F)(F)C(F)(F)C(F)(F)F. The second-order valence-electron chi connectivity index (χ2n) is 9.06. The zero-order chi connectivity index (χ0) is 35.0. The summed E-state index contributed by atoms with van der Waals surface area (Å²) < 4.78 is 268. The van der Waals surface area contributed by atoms with E-state index in [9.17, 15) is 87.4 Å². The quantitative estimate of drug-likeness (QED) is 0.128. The average molecular weight is 709 g/mol. The molecule has 2 aromatic carbocycles. The zero-order valence-corrected chi connectivity index (χ0v) is 21.4. The smallest absolute Gasteiger partial charge is 0.263 e. The summed E-state index contributed by atoms with van der Waals surface area (Å²) in [4.78, 5) is 0. The van der Waals surface area contributed by atoms with Crippen molar-refractivity contribution < 1.29 is 91.7 Å². The number of oxime groups is 1. The molecule has 0 unspecified atom stereocenters. The summed E-state index contributed by atoms with van der Waals surface area (Å²) in [5, 5.41) is -6.35. The lowest BCUT2D eigenvalue weighted by Gasteiger charge is -2.34. The topological polar surface area (TPSA) is 55.7 Å². The van der Waals surface area contributed by atoms with Crippen LogP contribution in [-0.2, 0) is 20.8 Å². The molecule has 1 aliphatic rings. The van der Waals surface area contributed by atoms with Crippen LogP contribution < -0.4 is 0 Å². The van der Waals surface area contributed by atoms with Crippen LogP contribution in [0.4, 0.5) is 79.0 Å². The van der Waals surface area contributed by atoms with E-state index in [2.05, 4.69) is 4.28 Å². The highest BCUT2D eigenvalue weighted by Gasteiger charge is 2.87. The number of alkyl halides is 18. The Morgan fingerprint density at radius 3 is 1.58 bits per heavy atom. The van der Waals surface area contributed by atoms with Gasteiger partial charge in [-0.15, -0.1) is 0 Å². The van der Waals surface area contributed by atoms with E-state index in [0.29, 0.717) is 17.2 Å². The van der Waals surface area contributed by atoms with Crippen molar-refractivity contribution in [1.82, 2.24) is 0 Å². The fourth-order valence-electron chi connectivity index (χ4n) is 3.76. The van der Waals surface area contributed by atoms with Crippen LogP contribution in [0.3, 0.4) is 0 Å². The normalized spacial score (nSPS) is 16.0. The van der Waals surface area contributed by atoms with E-state index < -0.39 is 68.6 Å². The molecule has 0 bridgehead atoms. The van der Waals surface area contributed by atoms with Crippen LogP contribution >= 0.6 is 0 Å². The Labute approximate surface area is 237 Å². The van der Waals surface area contributed by atoms with Crippen LogP contribution in [0, 0.1) is 0 Å². The Kier molecular flexibility index (Phi) is 8.26. The number of halogens is 18. The van der Waals surface area contributed by atoms with Gasteiger partial charge in [-0.2, -0.15) is 87.4 Å². The van der Waals surface area contributed by atoms with Crippen molar-refractivity contribution in [3.05, 3.63) is 59.2 Å². The van der Waals surface area contributed by atoms with Crippen LogP contribution in [0.1, 0.15) is 16.7 Å². The van der Waals surface area contributed by atoms with Gasteiger partial charge in [0.1, 0.15) is 0 Å². The molecule has 0 spiro atoms. The van der Waals surface area contributed by atoms with Gasteiger partial charge in [0.2, 0.25) is 0 Å². The molecule has 4 nitrogen and oxygen atoms in total. The van der Waals surface area contributed by atoms with Gasteiger partial charge >= 0.3 is 57.3 Å². The van der Waals surface area contributed by atoms with E-state index >= 15 is 0 Å². The monoisotopic (exact) mass is 709 g/mol. The van der Waals surface area contributed by atoms with Gasteiger partial charge in [-0.05, 0) is 34.7 Å². The summed E-state index contributed by atoms with van der Waals surface area (Å²) in [5.41, 5.74) is -4.73. The third-order valence-corrected chi connectivity index (χ3v) is 7.32. The molecular formula is C22H9F18NO3S. The summed E-state index contributed by atoms with van der Waals surface area (Å²) in [7, 11) is -8.23. The van der Waals surface area contributed by atoms with Gasteiger partial charge in [0, 0.05) is 5.56 Å². The summed E-state index contributed by atoms with van der Waals surface area (Å²) in [6, 6.07) is 6.70. The number of rotatable bonds is 9. The van der Waals surface area contributed by atoms with Crippen LogP contribution in [0.2, 0.25) is 0 Å². The van der Waals surface area contributed by atoms with Gasteiger partial charge in [0.25, 0.3) is 0 Å². The van der Waals surface area contributed by atoms with Gasteiger partial charge in [0.05, 0.1) is 0 Å². The van der Waals surface area contributed by atoms with Crippen LogP contribution in [-0.4, -0.2) is 61.3 Å². The first-order valence-corrected chi connectivity index (χ1v) is 12.4. The minimum atomic E-state index is -8.23. The van der Waals surface area contributed by atoms with Gasteiger partial charge < -0.3 is 0 Å². The Bertz CT molecular complexity index is 1610. The van der Waals surface area contributed by atoms with E-state index in [0.717, 1.165) is 0 Å². The summed E-state index contributed by atoms with van der Waals surface area (Å²) in [5.74, 6) is -38.6. The molecule has 0 radical (unpaired) electrons. The molecular weight excluding hydrogens is 700 g/mol. The highest BCUT2D eigenvalue weighted by molar-refractivity contribution is 7.87. The van der Waals surface area contributed by atoms with Gasteiger partial charge in [-0.3, -0.25) is 4.28 Å². The first kappa shape index (κ1) is 36.1. The number of hydrogen-bond acceptors (Lipinski definition) is 4. The molecule has 0 heterocycles. The van der Waals surface area contributed by atoms with E-state index in [1.807, 2.05) is 0 Å². The molecule has 0 fully saturated rings. The molecule has 23 heteroatoms. The predicted octanol–water partition coefficient (Wildman–Crippen LogP) is 8.20. The fourth-order valence-corrected chi connectivity index (χ4v) is 4.47. The second kappa shape index (κ2) is 10.3. The lowest BCUT2D eigenvalue weighted by molar-refractivity contribution is -0.385. The third kappa shape index (κ3) is 5.22. The van der Waals surface area contributed by atoms with Crippen molar-refractivity contribution in [3.8, 4) is 11.1 Å². The first-order chi connectivity index (χ1) is 19.9. The molecule has 0 saturated carbocycles. The predicted molar refractivity (Wildman–Crippen MR) is 113 cm³/mol. The van der Waals surface area contributed by atoms with Crippen molar-refractivity contribution in [2.24, 2.45) is 5.16 Å². The van der Waals surface area contributed by atoms with Crippen molar-refractivity contribution in [1.29, 1.82) is 0 Å². The maximum atomic E-state index is 14.9. The van der Waals surface area contributed by atoms with Crippen LogP contribution in [0.25, 0.3) is 11.1 Å². The molecule has 0 aromatic heterocycles. The number of benzene rings is 2. The van der Waals surface area contributed by atoms with E-state index in [1.54, 1.807) is 0 Å². The first-order valence-electron chi connectivity index (χ1n) is 11.0. The minimum absolute atomic E-state index is 0.0542. The molecule has 2 aromatic rings. The van der Waals surface area contributed by atoms with E-state index in [4.69, 9.17) is 0 Å². The van der Waals surface area contributed by atoms with Gasteiger partial charge in [0.15, 0.2) is 5.71 Å². The van der Waals surface area contributed by atoms with Crippen molar-refractivity contribution in [2.45, 2.75) is 53.6 Å². The molecule has 0 saturated heterocycles. The second-order valence-corrected chi connectivity index (χ2v) is 10.6. The maximum Gasteiger partial charge on any atom is 0.460 e. The van der Waals surface area contributed by atoms with Crippen LogP contribution in [0.15, 0.2) is 47.6 Å². The fraction of sp³-hybridized carbons (Fsp3) is 0.409. The van der Waals surface area contributed by atoms with Crippen molar-refractivity contribution in [2.75, 3.05) is 0 Å². The van der Waals surface area contributed by atoms with E-state index in [1.165, 1.54) is 29.4 Å². The largest absolute Gasteiger partial charge is 0.460 e. The molecule has 0 N–H and O–H groups in total. The maximum absolute atomic E-state index is 14.9. The highest BCUT2D eigenvalue weighted by atomic mass is 32.2. The Hall–Kier alpha value is -3.40. The lowest BCUT2D eigenvalue weighted by atomic mass is 9.93. The minimum Gasteiger partial charge on any atom is -0.263 e. The molecule has 0 atom stereocenters. The Balaban J connectivity index is 2.25. The molecule has 3 rings (SSSR count). The summed E-state index contributed by atoms with van der Waals surface area (Å²) in [6.07, 6.45) is -15.5. The standard InChI is InChI=1S/C22H9F18NO3S/c23-15(24,16(25,26)17(27,28)20(33,34)35)14(10-5-6-13-11(8-10)7-9-3-1-2-4-12(9)13)41-44-45(42,43)22(39,40)19(31,32)18(29,30)21(36,37)38/h1-6,8H,7H2/b41-14+. The highest BCUT2D eigenvalue weighted by Crippen LogP contribution is 2.56. The Morgan fingerprint density at radius 2 is 1.07 bits per heavy atom. The number of fused-ring (bicyclic) bond motifs is 3.